The zero-order valence-electron chi connectivity index (χ0n) is 24.0. The molecule has 2 aromatic carbocycles. The molecular formula is C32H44O8. The van der Waals surface area contributed by atoms with Gasteiger partial charge in [-0.3, -0.25) is 9.59 Å². The average Bonchev–Trinajstić information content (AvgIpc) is 2.96. The Morgan fingerprint density at radius 1 is 0.600 bits per heavy atom. The van der Waals surface area contributed by atoms with E-state index in [2.05, 4.69) is 13.8 Å². The predicted molar refractivity (Wildman–Crippen MR) is 153 cm³/mol. The van der Waals surface area contributed by atoms with Gasteiger partial charge in [0.1, 0.15) is 26.4 Å². The van der Waals surface area contributed by atoms with Crippen molar-refractivity contribution < 1.29 is 38.0 Å². The number of Topliss-reactive ketones (excluding diaryl/α,β-unsaturated/α-hetero) is 2. The van der Waals surface area contributed by atoms with Crippen molar-refractivity contribution in [1.82, 2.24) is 0 Å². The molecule has 8 heteroatoms. The van der Waals surface area contributed by atoms with Crippen LogP contribution in [-0.4, -0.2) is 64.4 Å². The van der Waals surface area contributed by atoms with Gasteiger partial charge in [-0.15, -0.1) is 0 Å². The molecule has 0 saturated heterocycles. The molecule has 0 amide bonds. The molecule has 0 aromatic heterocycles. The maximum Gasteiger partial charge on any atom is 0.172 e. The van der Waals surface area contributed by atoms with Gasteiger partial charge in [0.25, 0.3) is 0 Å². The molecule has 0 N–H and O–H groups in total. The molecule has 1 aliphatic rings. The number of para-hydroxylation sites is 1. The Labute approximate surface area is 238 Å². The van der Waals surface area contributed by atoms with Crippen molar-refractivity contribution in [2.24, 2.45) is 0 Å². The number of hydrogen-bond donors (Lipinski definition) is 0. The van der Waals surface area contributed by atoms with Gasteiger partial charge in [0, 0.05) is 18.4 Å². The fraction of sp³-hybridized carbons (Fsp3) is 0.562. The molecule has 220 valence electrons. The van der Waals surface area contributed by atoms with E-state index in [4.69, 9.17) is 28.4 Å². The third kappa shape index (κ3) is 10.5. The first kappa shape index (κ1) is 31.4. The van der Waals surface area contributed by atoms with Gasteiger partial charge < -0.3 is 28.4 Å². The molecule has 0 saturated carbocycles. The van der Waals surface area contributed by atoms with Crippen LogP contribution in [0, 0.1) is 0 Å². The summed E-state index contributed by atoms with van der Waals surface area (Å²) in [5, 5.41) is 0. The van der Waals surface area contributed by atoms with Crippen LogP contribution in [0.3, 0.4) is 0 Å². The van der Waals surface area contributed by atoms with Gasteiger partial charge in [0.05, 0.1) is 32.0 Å². The summed E-state index contributed by atoms with van der Waals surface area (Å²) in [6.45, 7) is 6.69. The third-order valence-corrected chi connectivity index (χ3v) is 6.49. The molecule has 40 heavy (non-hydrogen) atoms. The lowest BCUT2D eigenvalue weighted by atomic mass is 10.0. The van der Waals surface area contributed by atoms with Crippen LogP contribution in [0.1, 0.15) is 85.9 Å². The summed E-state index contributed by atoms with van der Waals surface area (Å²) in [5.74, 6) is 2.16. The van der Waals surface area contributed by atoms with Crippen LogP contribution in [0.5, 0.6) is 23.0 Å². The Morgan fingerprint density at radius 2 is 1.18 bits per heavy atom. The van der Waals surface area contributed by atoms with Crippen LogP contribution >= 0.6 is 0 Å². The monoisotopic (exact) mass is 556 g/mol. The van der Waals surface area contributed by atoms with Crippen molar-refractivity contribution in [2.75, 3.05) is 52.9 Å². The molecule has 0 atom stereocenters. The van der Waals surface area contributed by atoms with E-state index in [0.29, 0.717) is 80.0 Å². The standard InChI is InChI=1S/C32H44O8/c1-3-5-7-11-27(33)25-14-15-29-31(24-25)39-22-18-35-17-21-38-30-13-9-10-26(28(34)12-8-6-4-2)32(30)40-23-19-36-16-20-37-29/h9-10,13-15,24H,3-8,11-12,16-23H2,1-2H3. The number of carbonyl (C=O) groups is 2. The van der Waals surface area contributed by atoms with Crippen LogP contribution < -0.4 is 18.9 Å². The van der Waals surface area contributed by atoms with Crippen molar-refractivity contribution in [2.45, 2.75) is 65.2 Å². The fourth-order valence-corrected chi connectivity index (χ4v) is 4.30. The first-order valence-corrected chi connectivity index (χ1v) is 14.6. The van der Waals surface area contributed by atoms with E-state index in [1.165, 1.54) is 0 Å². The minimum absolute atomic E-state index is 0.0447. The Hall–Kier alpha value is -3.10. The Balaban J connectivity index is 1.63. The molecule has 0 bridgehead atoms. The molecule has 8 nitrogen and oxygen atoms in total. The Morgan fingerprint density at radius 3 is 1.82 bits per heavy atom. The fourth-order valence-electron chi connectivity index (χ4n) is 4.30. The number of rotatable bonds is 10. The van der Waals surface area contributed by atoms with Gasteiger partial charge in [-0.25, -0.2) is 0 Å². The van der Waals surface area contributed by atoms with Crippen molar-refractivity contribution >= 4 is 11.6 Å². The highest BCUT2D eigenvalue weighted by Gasteiger charge is 2.18. The molecule has 1 aliphatic heterocycles. The van der Waals surface area contributed by atoms with Gasteiger partial charge in [-0.05, 0) is 43.2 Å². The zero-order valence-corrected chi connectivity index (χ0v) is 24.0. The van der Waals surface area contributed by atoms with Crippen molar-refractivity contribution in [3.63, 3.8) is 0 Å². The van der Waals surface area contributed by atoms with Gasteiger partial charge in [-0.2, -0.15) is 0 Å². The van der Waals surface area contributed by atoms with Gasteiger partial charge >= 0.3 is 0 Å². The molecule has 0 aliphatic carbocycles. The quantitative estimate of drug-likeness (QED) is 0.243. The van der Waals surface area contributed by atoms with Crippen molar-refractivity contribution in [3.05, 3.63) is 47.5 Å². The minimum Gasteiger partial charge on any atom is -0.487 e. The van der Waals surface area contributed by atoms with E-state index in [1.807, 2.05) is 6.07 Å². The number of carbonyl (C=O) groups excluding carboxylic acids is 2. The average molecular weight is 557 g/mol. The molecule has 0 unspecified atom stereocenters. The lowest BCUT2D eigenvalue weighted by molar-refractivity contribution is 0.0636. The highest BCUT2D eigenvalue weighted by molar-refractivity contribution is 5.99. The molecule has 0 fully saturated rings. The van der Waals surface area contributed by atoms with Gasteiger partial charge in [0.2, 0.25) is 0 Å². The van der Waals surface area contributed by atoms with E-state index in [9.17, 15) is 9.59 Å². The van der Waals surface area contributed by atoms with Gasteiger partial charge in [-0.1, -0.05) is 45.6 Å². The van der Waals surface area contributed by atoms with Crippen LogP contribution in [0.4, 0.5) is 0 Å². The van der Waals surface area contributed by atoms with Crippen molar-refractivity contribution in [3.8, 4) is 23.0 Å². The number of ether oxygens (including phenoxy) is 6. The Bertz CT molecular complexity index is 1050. The predicted octanol–water partition coefficient (Wildman–Crippen LogP) is 6.47. The first-order chi connectivity index (χ1) is 19.6. The smallest absolute Gasteiger partial charge is 0.172 e. The van der Waals surface area contributed by atoms with E-state index in [-0.39, 0.29) is 31.4 Å². The van der Waals surface area contributed by atoms with Crippen molar-refractivity contribution in [1.29, 1.82) is 0 Å². The van der Waals surface area contributed by atoms with E-state index in [1.54, 1.807) is 30.3 Å². The molecule has 0 radical (unpaired) electrons. The first-order valence-electron chi connectivity index (χ1n) is 14.6. The number of ketones is 2. The normalized spacial score (nSPS) is 15.1. The maximum atomic E-state index is 12.9. The summed E-state index contributed by atoms with van der Waals surface area (Å²) < 4.78 is 35.2. The lowest BCUT2D eigenvalue weighted by Crippen LogP contribution is -2.16. The summed E-state index contributed by atoms with van der Waals surface area (Å²) >= 11 is 0. The van der Waals surface area contributed by atoms with Crippen LogP contribution in [-0.2, 0) is 9.47 Å². The maximum absolute atomic E-state index is 12.9. The largest absolute Gasteiger partial charge is 0.487 e. The topological polar surface area (TPSA) is 89.5 Å². The number of fused-ring (bicyclic) bond motifs is 2. The highest BCUT2D eigenvalue weighted by Crippen LogP contribution is 2.33. The number of hydrogen-bond acceptors (Lipinski definition) is 8. The summed E-state index contributed by atoms with van der Waals surface area (Å²) in [5.41, 5.74) is 1.14. The second kappa shape index (κ2) is 18.3. The minimum atomic E-state index is 0.0447. The van der Waals surface area contributed by atoms with Crippen LogP contribution in [0.2, 0.25) is 0 Å². The van der Waals surface area contributed by atoms with Gasteiger partial charge in [0.15, 0.2) is 34.6 Å². The summed E-state index contributed by atoms with van der Waals surface area (Å²) in [4.78, 5) is 25.5. The SMILES string of the molecule is CCCCCC(=O)c1ccc2c(c1)OCCOCCOc1cccc(C(=O)CCCCC)c1OCCOCCO2. The van der Waals surface area contributed by atoms with Crippen LogP contribution in [0.15, 0.2) is 36.4 Å². The third-order valence-electron chi connectivity index (χ3n) is 6.49. The van der Waals surface area contributed by atoms with Crippen LogP contribution in [0.25, 0.3) is 0 Å². The summed E-state index contributed by atoms with van der Waals surface area (Å²) in [7, 11) is 0. The second-order valence-corrected chi connectivity index (χ2v) is 9.67. The zero-order chi connectivity index (χ0) is 28.4. The summed E-state index contributed by atoms with van der Waals surface area (Å²) in [6.07, 6.45) is 6.88. The van der Waals surface area contributed by atoms with E-state index in [0.717, 1.165) is 38.5 Å². The van der Waals surface area contributed by atoms with E-state index < -0.39 is 0 Å². The number of unbranched alkanes of at least 4 members (excludes halogenated alkanes) is 4. The molecular weight excluding hydrogens is 512 g/mol. The molecule has 0 spiro atoms. The molecule has 2 aromatic rings. The number of benzene rings is 2. The summed E-state index contributed by atoms with van der Waals surface area (Å²) in [6, 6.07) is 10.7. The Kier molecular flexibility index (Phi) is 14.4. The lowest BCUT2D eigenvalue weighted by Gasteiger charge is -2.17. The molecule has 1 heterocycles. The highest BCUT2D eigenvalue weighted by atomic mass is 16.6. The molecule has 3 rings (SSSR count). The van der Waals surface area contributed by atoms with E-state index >= 15 is 0 Å². The second-order valence-electron chi connectivity index (χ2n) is 9.67.